The SMILES string of the molecule is O=C(CC1CCS(=O)(=O)C1)N[C@@H]1CCC(=O)N[C@H]1c1cccs1. The lowest BCUT2D eigenvalue weighted by Gasteiger charge is -2.32. The summed E-state index contributed by atoms with van der Waals surface area (Å²) in [5.74, 6) is 0.0716. The molecule has 2 amide bonds. The predicted molar refractivity (Wildman–Crippen MR) is 87.7 cm³/mol. The Balaban J connectivity index is 1.61. The molecule has 0 aromatic carbocycles. The highest BCUT2D eigenvalue weighted by Gasteiger charge is 2.33. The molecule has 1 aromatic heterocycles. The Morgan fingerprint density at radius 1 is 1.39 bits per heavy atom. The van der Waals surface area contributed by atoms with E-state index in [0.717, 1.165) is 4.88 Å². The second-order valence-electron chi connectivity index (χ2n) is 6.25. The minimum absolute atomic E-state index is 0.00390. The van der Waals surface area contributed by atoms with E-state index in [2.05, 4.69) is 10.6 Å². The summed E-state index contributed by atoms with van der Waals surface area (Å²) in [6.45, 7) is 0. The molecule has 2 fully saturated rings. The normalized spacial score (nSPS) is 29.9. The maximum Gasteiger partial charge on any atom is 0.220 e. The Kier molecular flexibility index (Phi) is 4.72. The zero-order valence-electron chi connectivity index (χ0n) is 12.7. The monoisotopic (exact) mass is 356 g/mol. The van der Waals surface area contributed by atoms with Crippen LogP contribution in [0.1, 0.15) is 36.6 Å². The lowest BCUT2D eigenvalue weighted by molar-refractivity contribution is -0.127. The van der Waals surface area contributed by atoms with Crippen LogP contribution in [0.15, 0.2) is 17.5 Å². The number of carbonyl (C=O) groups excluding carboxylic acids is 2. The van der Waals surface area contributed by atoms with E-state index in [9.17, 15) is 18.0 Å². The molecule has 6 nitrogen and oxygen atoms in total. The number of amides is 2. The third kappa shape index (κ3) is 4.11. The zero-order chi connectivity index (χ0) is 16.4. The molecule has 23 heavy (non-hydrogen) atoms. The van der Waals surface area contributed by atoms with E-state index in [1.165, 1.54) is 0 Å². The van der Waals surface area contributed by atoms with Crippen LogP contribution in [-0.4, -0.2) is 37.8 Å². The van der Waals surface area contributed by atoms with Gasteiger partial charge in [-0.1, -0.05) is 6.07 Å². The minimum Gasteiger partial charge on any atom is -0.351 e. The third-order valence-corrected chi connectivity index (χ3v) is 7.19. The standard InChI is InChI=1S/C15H20N2O4S2/c18-13-4-3-11(15(17-13)12-2-1-6-22-12)16-14(19)8-10-5-7-23(20,21)9-10/h1-2,6,10-11,15H,3-5,7-9H2,(H,16,19)(H,17,18)/t10?,11-,15-/m1/s1. The molecule has 1 unspecified atom stereocenters. The van der Waals surface area contributed by atoms with E-state index < -0.39 is 9.84 Å². The van der Waals surface area contributed by atoms with Crippen molar-refractivity contribution >= 4 is 33.0 Å². The van der Waals surface area contributed by atoms with E-state index in [4.69, 9.17) is 0 Å². The van der Waals surface area contributed by atoms with E-state index in [0.29, 0.717) is 19.3 Å². The fraction of sp³-hybridized carbons (Fsp3) is 0.600. The number of nitrogens with one attached hydrogen (secondary N) is 2. The van der Waals surface area contributed by atoms with Crippen LogP contribution in [0.2, 0.25) is 0 Å². The molecule has 2 N–H and O–H groups in total. The van der Waals surface area contributed by atoms with E-state index in [-0.39, 0.29) is 47.7 Å². The maximum absolute atomic E-state index is 12.3. The van der Waals surface area contributed by atoms with Crippen molar-refractivity contribution in [2.45, 2.75) is 37.8 Å². The molecular formula is C15H20N2O4S2. The van der Waals surface area contributed by atoms with E-state index in [1.54, 1.807) is 11.3 Å². The van der Waals surface area contributed by atoms with Gasteiger partial charge in [-0.2, -0.15) is 0 Å². The molecular weight excluding hydrogens is 336 g/mol. The summed E-state index contributed by atoms with van der Waals surface area (Å²) in [5.41, 5.74) is 0. The molecule has 0 radical (unpaired) electrons. The molecule has 3 heterocycles. The van der Waals surface area contributed by atoms with Crippen LogP contribution in [0.25, 0.3) is 0 Å². The molecule has 2 saturated heterocycles. The van der Waals surface area contributed by atoms with Gasteiger partial charge in [0.25, 0.3) is 0 Å². The minimum atomic E-state index is -2.96. The highest BCUT2D eigenvalue weighted by Crippen LogP contribution is 2.28. The summed E-state index contributed by atoms with van der Waals surface area (Å²) in [7, 11) is -2.96. The predicted octanol–water partition coefficient (Wildman–Crippen LogP) is 1.01. The lowest BCUT2D eigenvalue weighted by Crippen LogP contribution is -2.50. The second-order valence-corrected chi connectivity index (χ2v) is 9.45. The van der Waals surface area contributed by atoms with Gasteiger partial charge in [0.1, 0.15) is 0 Å². The molecule has 1 aromatic rings. The molecule has 2 aliphatic heterocycles. The summed E-state index contributed by atoms with van der Waals surface area (Å²) in [5, 5.41) is 7.87. The van der Waals surface area contributed by atoms with Crippen LogP contribution in [0.5, 0.6) is 0 Å². The Labute approximate surface area is 139 Å². The third-order valence-electron chi connectivity index (χ3n) is 4.40. The quantitative estimate of drug-likeness (QED) is 0.842. The first-order valence-corrected chi connectivity index (χ1v) is 10.5. The molecule has 126 valence electrons. The van der Waals surface area contributed by atoms with Gasteiger partial charge in [-0.25, -0.2) is 8.42 Å². The number of sulfone groups is 1. The van der Waals surface area contributed by atoms with Crippen molar-refractivity contribution < 1.29 is 18.0 Å². The van der Waals surface area contributed by atoms with E-state index in [1.807, 2.05) is 17.5 Å². The summed E-state index contributed by atoms with van der Waals surface area (Å²) in [6.07, 6.45) is 1.79. The smallest absolute Gasteiger partial charge is 0.220 e. The summed E-state index contributed by atoms with van der Waals surface area (Å²) in [4.78, 5) is 24.9. The number of thiophene rings is 1. The van der Waals surface area contributed by atoms with Gasteiger partial charge in [0.2, 0.25) is 11.8 Å². The van der Waals surface area contributed by atoms with Crippen LogP contribution < -0.4 is 10.6 Å². The van der Waals surface area contributed by atoms with Crippen molar-refractivity contribution in [1.82, 2.24) is 10.6 Å². The average molecular weight is 356 g/mol. The summed E-state index contributed by atoms with van der Waals surface area (Å²) < 4.78 is 23.0. The summed E-state index contributed by atoms with van der Waals surface area (Å²) >= 11 is 1.55. The molecule has 0 saturated carbocycles. The molecule has 0 bridgehead atoms. The van der Waals surface area contributed by atoms with Crippen molar-refractivity contribution in [1.29, 1.82) is 0 Å². The van der Waals surface area contributed by atoms with Crippen LogP contribution in [0.4, 0.5) is 0 Å². The average Bonchev–Trinajstić information content (AvgIpc) is 3.10. The molecule has 2 aliphatic rings. The molecule has 8 heteroatoms. The van der Waals surface area contributed by atoms with Gasteiger partial charge in [-0.15, -0.1) is 11.3 Å². The maximum atomic E-state index is 12.3. The summed E-state index contributed by atoms with van der Waals surface area (Å²) in [6, 6.07) is 3.52. The first-order valence-electron chi connectivity index (χ1n) is 7.75. The van der Waals surface area contributed by atoms with Crippen molar-refractivity contribution in [3.8, 4) is 0 Å². The van der Waals surface area contributed by atoms with Crippen LogP contribution >= 0.6 is 11.3 Å². The van der Waals surface area contributed by atoms with Crippen molar-refractivity contribution in [3.05, 3.63) is 22.4 Å². The Morgan fingerprint density at radius 3 is 2.87 bits per heavy atom. The van der Waals surface area contributed by atoms with Gasteiger partial charge in [-0.3, -0.25) is 9.59 Å². The fourth-order valence-corrected chi connectivity index (χ4v) is 5.96. The zero-order valence-corrected chi connectivity index (χ0v) is 14.3. The van der Waals surface area contributed by atoms with Gasteiger partial charge < -0.3 is 10.6 Å². The van der Waals surface area contributed by atoms with Crippen molar-refractivity contribution in [3.63, 3.8) is 0 Å². The van der Waals surface area contributed by atoms with Gasteiger partial charge >= 0.3 is 0 Å². The highest BCUT2D eigenvalue weighted by molar-refractivity contribution is 7.91. The lowest BCUT2D eigenvalue weighted by atomic mass is 9.95. The topological polar surface area (TPSA) is 92.3 Å². The van der Waals surface area contributed by atoms with Crippen molar-refractivity contribution in [2.75, 3.05) is 11.5 Å². The number of piperidine rings is 1. The molecule has 0 aliphatic carbocycles. The Bertz CT molecular complexity index is 684. The van der Waals surface area contributed by atoms with Gasteiger partial charge in [-0.05, 0) is 30.2 Å². The molecule has 3 rings (SSSR count). The van der Waals surface area contributed by atoms with Crippen molar-refractivity contribution in [2.24, 2.45) is 5.92 Å². The van der Waals surface area contributed by atoms with Crippen LogP contribution in [-0.2, 0) is 19.4 Å². The van der Waals surface area contributed by atoms with Gasteiger partial charge in [0.15, 0.2) is 9.84 Å². The first kappa shape index (κ1) is 16.4. The first-order chi connectivity index (χ1) is 10.9. The number of carbonyl (C=O) groups is 2. The highest BCUT2D eigenvalue weighted by atomic mass is 32.2. The van der Waals surface area contributed by atoms with Gasteiger partial charge in [0, 0.05) is 17.7 Å². The molecule has 3 atom stereocenters. The largest absolute Gasteiger partial charge is 0.351 e. The molecule has 0 spiro atoms. The van der Waals surface area contributed by atoms with Crippen LogP contribution in [0, 0.1) is 5.92 Å². The van der Waals surface area contributed by atoms with Crippen LogP contribution in [0.3, 0.4) is 0 Å². The Hall–Kier alpha value is -1.41. The van der Waals surface area contributed by atoms with E-state index >= 15 is 0 Å². The Morgan fingerprint density at radius 2 is 2.22 bits per heavy atom. The second kappa shape index (κ2) is 6.60. The fourth-order valence-electron chi connectivity index (χ4n) is 3.25. The number of rotatable bonds is 4. The number of hydrogen-bond donors (Lipinski definition) is 2. The number of hydrogen-bond acceptors (Lipinski definition) is 5. The van der Waals surface area contributed by atoms with Gasteiger partial charge in [0.05, 0.1) is 23.6 Å².